The predicted octanol–water partition coefficient (Wildman–Crippen LogP) is 3.34. The predicted molar refractivity (Wildman–Crippen MR) is 79.7 cm³/mol. The van der Waals surface area contributed by atoms with E-state index >= 15 is 0 Å². The van der Waals surface area contributed by atoms with Crippen molar-refractivity contribution in [2.75, 3.05) is 21.3 Å². The van der Waals surface area contributed by atoms with Crippen LogP contribution in [-0.4, -0.2) is 26.3 Å². The summed E-state index contributed by atoms with van der Waals surface area (Å²) in [5.74, 6) is 2.22. The van der Waals surface area contributed by atoms with Crippen LogP contribution in [0.15, 0.2) is 30.5 Å². The molecule has 2 aromatic rings. The van der Waals surface area contributed by atoms with Crippen molar-refractivity contribution in [2.24, 2.45) is 0 Å². The minimum atomic E-state index is 0.362. The topological polar surface area (TPSA) is 49.8 Å². The van der Waals surface area contributed by atoms with E-state index in [1.54, 1.807) is 45.7 Å². The normalized spacial score (nSPS) is 10.1. The van der Waals surface area contributed by atoms with Crippen LogP contribution in [0.3, 0.4) is 0 Å². The number of ether oxygens (including phenoxy) is 4. The van der Waals surface area contributed by atoms with Crippen molar-refractivity contribution in [3.05, 3.63) is 41.2 Å². The van der Waals surface area contributed by atoms with Crippen molar-refractivity contribution in [1.82, 2.24) is 4.98 Å². The Morgan fingerprint density at radius 1 is 1.00 bits per heavy atom. The van der Waals surface area contributed by atoms with Crippen LogP contribution in [0, 0.1) is 0 Å². The van der Waals surface area contributed by atoms with E-state index in [0.717, 1.165) is 5.56 Å². The van der Waals surface area contributed by atoms with Gasteiger partial charge in [-0.15, -0.1) is 0 Å². The van der Waals surface area contributed by atoms with E-state index in [0.29, 0.717) is 34.8 Å². The summed E-state index contributed by atoms with van der Waals surface area (Å²) in [7, 11) is 4.67. The highest BCUT2D eigenvalue weighted by molar-refractivity contribution is 6.29. The van der Waals surface area contributed by atoms with Crippen LogP contribution in [0.25, 0.3) is 0 Å². The van der Waals surface area contributed by atoms with Crippen molar-refractivity contribution >= 4 is 11.6 Å². The first-order valence-electron chi connectivity index (χ1n) is 6.21. The molecule has 0 spiro atoms. The first-order chi connectivity index (χ1) is 10.2. The van der Waals surface area contributed by atoms with Gasteiger partial charge in [0.1, 0.15) is 17.5 Å². The molecule has 1 aromatic heterocycles. The number of aromatic nitrogens is 1. The molecule has 1 aromatic carbocycles. The Kier molecular flexibility index (Phi) is 5.11. The first kappa shape index (κ1) is 15.3. The number of rotatable bonds is 6. The minimum absolute atomic E-state index is 0.362. The molecule has 0 radical (unpaired) electrons. The van der Waals surface area contributed by atoms with E-state index in [-0.39, 0.29) is 0 Å². The van der Waals surface area contributed by atoms with Crippen molar-refractivity contribution in [3.8, 4) is 23.0 Å². The van der Waals surface area contributed by atoms with E-state index in [4.69, 9.17) is 30.5 Å². The molecule has 0 unspecified atom stereocenters. The fraction of sp³-hybridized carbons (Fsp3) is 0.267. The van der Waals surface area contributed by atoms with Crippen LogP contribution >= 0.6 is 11.6 Å². The van der Waals surface area contributed by atoms with Crippen LogP contribution in [0.1, 0.15) is 5.56 Å². The molecule has 0 atom stereocenters. The second-order valence-electron chi connectivity index (χ2n) is 4.14. The lowest BCUT2D eigenvalue weighted by atomic mass is 10.2. The Hall–Kier alpha value is -2.14. The maximum absolute atomic E-state index is 5.84. The van der Waals surface area contributed by atoms with Gasteiger partial charge in [-0.1, -0.05) is 11.6 Å². The van der Waals surface area contributed by atoms with Gasteiger partial charge in [-0.2, -0.15) is 0 Å². The third kappa shape index (κ3) is 3.70. The van der Waals surface area contributed by atoms with Gasteiger partial charge >= 0.3 is 0 Å². The van der Waals surface area contributed by atoms with Gasteiger partial charge in [0.05, 0.1) is 21.3 Å². The van der Waals surface area contributed by atoms with Crippen LogP contribution in [0.2, 0.25) is 5.15 Å². The quantitative estimate of drug-likeness (QED) is 0.766. The summed E-state index contributed by atoms with van der Waals surface area (Å²) >= 11 is 5.84. The molecular formula is C15H16ClNO4. The number of hydrogen-bond donors (Lipinski definition) is 0. The summed E-state index contributed by atoms with van der Waals surface area (Å²) in [5.41, 5.74) is 0.920. The molecule has 0 saturated carbocycles. The van der Waals surface area contributed by atoms with Crippen molar-refractivity contribution in [3.63, 3.8) is 0 Å². The number of halogens is 1. The third-order valence-electron chi connectivity index (χ3n) is 2.83. The smallest absolute Gasteiger partial charge is 0.203 e. The first-order valence-corrected chi connectivity index (χ1v) is 6.59. The largest absolute Gasteiger partial charge is 0.493 e. The zero-order valence-electron chi connectivity index (χ0n) is 12.1. The zero-order valence-corrected chi connectivity index (χ0v) is 12.8. The summed E-state index contributed by atoms with van der Waals surface area (Å²) in [5, 5.41) is 0.431. The monoisotopic (exact) mass is 309 g/mol. The number of methoxy groups -OCH3 is 3. The lowest BCUT2D eigenvalue weighted by molar-refractivity contribution is 0.291. The van der Waals surface area contributed by atoms with Crippen molar-refractivity contribution in [2.45, 2.75) is 6.61 Å². The minimum Gasteiger partial charge on any atom is -0.493 e. The van der Waals surface area contributed by atoms with Gasteiger partial charge in [0.25, 0.3) is 0 Å². The van der Waals surface area contributed by atoms with Gasteiger partial charge < -0.3 is 18.9 Å². The molecule has 0 saturated heterocycles. The van der Waals surface area contributed by atoms with Crippen molar-refractivity contribution in [1.29, 1.82) is 0 Å². The van der Waals surface area contributed by atoms with Gasteiger partial charge in [0.15, 0.2) is 11.5 Å². The van der Waals surface area contributed by atoms with E-state index in [1.165, 1.54) is 0 Å². The average Bonchev–Trinajstić information content (AvgIpc) is 2.51. The fourth-order valence-corrected chi connectivity index (χ4v) is 2.04. The fourth-order valence-electron chi connectivity index (χ4n) is 1.84. The van der Waals surface area contributed by atoms with E-state index in [9.17, 15) is 0 Å². The number of pyridine rings is 1. The summed E-state index contributed by atoms with van der Waals surface area (Å²) in [6, 6.07) is 7.07. The molecule has 0 bridgehead atoms. The van der Waals surface area contributed by atoms with Gasteiger partial charge in [0.2, 0.25) is 5.75 Å². The Balaban J connectivity index is 2.20. The molecule has 2 rings (SSSR count). The third-order valence-corrected chi connectivity index (χ3v) is 3.04. The van der Waals surface area contributed by atoms with E-state index in [1.807, 2.05) is 6.07 Å². The maximum Gasteiger partial charge on any atom is 0.203 e. The summed E-state index contributed by atoms with van der Waals surface area (Å²) in [4.78, 5) is 3.93. The second-order valence-corrected chi connectivity index (χ2v) is 4.52. The average molecular weight is 310 g/mol. The Morgan fingerprint density at radius 2 is 1.67 bits per heavy atom. The van der Waals surface area contributed by atoms with Gasteiger partial charge in [-0.05, 0) is 17.7 Å². The lowest BCUT2D eigenvalue weighted by Crippen LogP contribution is -1.99. The molecular weight excluding hydrogens is 294 g/mol. The van der Waals surface area contributed by atoms with Gasteiger partial charge in [-0.25, -0.2) is 4.98 Å². The zero-order chi connectivity index (χ0) is 15.2. The molecule has 6 heteroatoms. The van der Waals surface area contributed by atoms with Crippen LogP contribution in [0.4, 0.5) is 0 Å². The van der Waals surface area contributed by atoms with Gasteiger partial charge in [0, 0.05) is 18.3 Å². The molecule has 0 fully saturated rings. The molecule has 112 valence electrons. The Bertz CT molecular complexity index is 593. The molecule has 5 nitrogen and oxygen atoms in total. The Morgan fingerprint density at radius 3 is 2.19 bits per heavy atom. The number of nitrogens with zero attached hydrogens (tertiary/aromatic N) is 1. The molecule has 0 N–H and O–H groups in total. The molecule has 0 aliphatic heterocycles. The van der Waals surface area contributed by atoms with Crippen LogP contribution in [0.5, 0.6) is 23.0 Å². The van der Waals surface area contributed by atoms with Crippen LogP contribution < -0.4 is 18.9 Å². The molecule has 0 amide bonds. The van der Waals surface area contributed by atoms with E-state index in [2.05, 4.69) is 4.98 Å². The molecule has 1 heterocycles. The highest BCUT2D eigenvalue weighted by Gasteiger charge is 2.13. The SMILES string of the molecule is COc1cc(OCc2ccnc(Cl)c2)cc(OC)c1OC. The van der Waals surface area contributed by atoms with Crippen LogP contribution in [-0.2, 0) is 6.61 Å². The second kappa shape index (κ2) is 7.04. The highest BCUT2D eigenvalue weighted by atomic mass is 35.5. The molecule has 21 heavy (non-hydrogen) atoms. The number of hydrogen-bond acceptors (Lipinski definition) is 5. The highest BCUT2D eigenvalue weighted by Crippen LogP contribution is 2.40. The van der Waals surface area contributed by atoms with Gasteiger partial charge in [-0.3, -0.25) is 0 Å². The standard InChI is InChI=1S/C15H16ClNO4/c1-18-12-7-11(8-13(19-2)15(12)20-3)21-9-10-4-5-17-14(16)6-10/h4-8H,9H2,1-3H3. The maximum atomic E-state index is 5.84. The summed E-state index contributed by atoms with van der Waals surface area (Å²) < 4.78 is 21.5. The van der Waals surface area contributed by atoms with Crippen molar-refractivity contribution < 1.29 is 18.9 Å². The van der Waals surface area contributed by atoms with E-state index < -0.39 is 0 Å². The summed E-state index contributed by atoms with van der Waals surface area (Å²) in [6.45, 7) is 0.362. The number of benzene rings is 1. The molecule has 0 aliphatic carbocycles. The molecule has 0 aliphatic rings. The summed E-state index contributed by atoms with van der Waals surface area (Å²) in [6.07, 6.45) is 1.64. The lowest BCUT2D eigenvalue weighted by Gasteiger charge is -2.14. The Labute approximate surface area is 128 Å².